The van der Waals surface area contributed by atoms with Crippen molar-refractivity contribution >= 4 is 27.4 Å². The Morgan fingerprint density at radius 3 is 2.25 bits per heavy atom. The van der Waals surface area contributed by atoms with Gasteiger partial charge in [0.1, 0.15) is 0 Å². The molecule has 3 rings (SSSR count). The number of carbonyl (C=O) groups excluding carboxylic acids is 2. The third-order valence-corrected chi connectivity index (χ3v) is 6.30. The van der Waals surface area contributed by atoms with E-state index in [-0.39, 0.29) is 11.5 Å². The fourth-order valence-electron chi connectivity index (χ4n) is 3.18. The zero-order valence-corrected chi connectivity index (χ0v) is 15.9. The second kappa shape index (κ2) is 8.53. The molecule has 2 aromatic rings. The normalized spacial score (nSPS) is 19.0. The number of hydrogen-bond donors (Lipinski definition) is 1. The van der Waals surface area contributed by atoms with Crippen molar-refractivity contribution in [3.63, 3.8) is 0 Å². The van der Waals surface area contributed by atoms with Crippen molar-refractivity contribution in [3.8, 4) is 0 Å². The van der Waals surface area contributed by atoms with Gasteiger partial charge in [-0.15, -0.1) is 0 Å². The first-order valence-electron chi connectivity index (χ1n) is 8.84. The SMILES string of the molecule is O=C(OCC(=O)N(c1ccccc1)[C@H]1CCS(=O)(=O)C1)[C@H](O)c1ccccc1. The second-order valence-corrected chi connectivity index (χ2v) is 8.81. The molecule has 0 unspecified atom stereocenters. The number of aliphatic hydroxyl groups excluding tert-OH is 1. The summed E-state index contributed by atoms with van der Waals surface area (Å²) in [6.07, 6.45) is -1.17. The average Bonchev–Trinajstić information content (AvgIpc) is 3.06. The van der Waals surface area contributed by atoms with Crippen molar-refractivity contribution in [2.75, 3.05) is 23.0 Å². The maximum absolute atomic E-state index is 12.8. The van der Waals surface area contributed by atoms with E-state index in [9.17, 15) is 23.1 Å². The van der Waals surface area contributed by atoms with Crippen LogP contribution in [0.1, 0.15) is 18.1 Å². The Morgan fingerprint density at radius 1 is 1.07 bits per heavy atom. The lowest BCUT2D eigenvalue weighted by Crippen LogP contribution is -2.43. The molecule has 1 saturated heterocycles. The number of esters is 1. The molecule has 1 fully saturated rings. The average molecular weight is 403 g/mol. The van der Waals surface area contributed by atoms with Crippen LogP contribution in [0.5, 0.6) is 0 Å². The predicted molar refractivity (Wildman–Crippen MR) is 103 cm³/mol. The molecule has 1 N–H and O–H groups in total. The molecule has 1 aliphatic heterocycles. The molecule has 0 spiro atoms. The van der Waals surface area contributed by atoms with E-state index < -0.39 is 40.5 Å². The van der Waals surface area contributed by atoms with Crippen LogP contribution < -0.4 is 4.90 Å². The topological polar surface area (TPSA) is 101 Å². The van der Waals surface area contributed by atoms with Crippen molar-refractivity contribution in [1.29, 1.82) is 0 Å². The van der Waals surface area contributed by atoms with E-state index in [2.05, 4.69) is 0 Å². The smallest absolute Gasteiger partial charge is 0.340 e. The van der Waals surface area contributed by atoms with Gasteiger partial charge in [-0.1, -0.05) is 48.5 Å². The Hall–Kier alpha value is -2.71. The summed E-state index contributed by atoms with van der Waals surface area (Å²) in [4.78, 5) is 26.2. The highest BCUT2D eigenvalue weighted by Crippen LogP contribution is 2.25. The lowest BCUT2D eigenvalue weighted by atomic mass is 10.1. The molecular formula is C20H21NO6S. The van der Waals surface area contributed by atoms with Gasteiger partial charge in [-0.05, 0) is 24.1 Å². The van der Waals surface area contributed by atoms with Crippen molar-refractivity contribution in [2.45, 2.75) is 18.6 Å². The van der Waals surface area contributed by atoms with Gasteiger partial charge in [-0.25, -0.2) is 13.2 Å². The highest BCUT2D eigenvalue weighted by molar-refractivity contribution is 7.91. The number of carbonyl (C=O) groups is 2. The van der Waals surface area contributed by atoms with Crippen LogP contribution in [0.15, 0.2) is 60.7 Å². The van der Waals surface area contributed by atoms with Crippen LogP contribution in [0.25, 0.3) is 0 Å². The van der Waals surface area contributed by atoms with Gasteiger partial charge in [0.05, 0.1) is 17.5 Å². The molecule has 1 aliphatic rings. The van der Waals surface area contributed by atoms with Crippen LogP contribution in [0.2, 0.25) is 0 Å². The summed E-state index contributed by atoms with van der Waals surface area (Å²) in [5, 5.41) is 10.1. The highest BCUT2D eigenvalue weighted by Gasteiger charge is 2.36. The quantitative estimate of drug-likeness (QED) is 0.734. The Morgan fingerprint density at radius 2 is 1.68 bits per heavy atom. The third kappa shape index (κ3) is 4.76. The molecule has 0 radical (unpaired) electrons. The van der Waals surface area contributed by atoms with Crippen LogP contribution >= 0.6 is 0 Å². The first-order chi connectivity index (χ1) is 13.4. The van der Waals surface area contributed by atoms with Crippen LogP contribution in [0.3, 0.4) is 0 Å². The molecule has 1 amide bonds. The van der Waals surface area contributed by atoms with Gasteiger partial charge in [0.25, 0.3) is 5.91 Å². The predicted octanol–water partition coefficient (Wildman–Crippen LogP) is 1.48. The zero-order valence-electron chi connectivity index (χ0n) is 15.1. The van der Waals surface area contributed by atoms with Gasteiger partial charge in [0.2, 0.25) is 0 Å². The van der Waals surface area contributed by atoms with E-state index in [1.807, 2.05) is 0 Å². The van der Waals surface area contributed by atoms with Gasteiger partial charge in [0.15, 0.2) is 22.5 Å². The van der Waals surface area contributed by atoms with Crippen LogP contribution in [-0.4, -0.2) is 49.6 Å². The Labute approximate surface area is 163 Å². The summed E-state index contributed by atoms with van der Waals surface area (Å²) < 4.78 is 28.7. The summed E-state index contributed by atoms with van der Waals surface area (Å²) in [7, 11) is -3.20. The standard InChI is InChI=1S/C20H21NO6S/c22-18(13-27-20(24)19(23)15-7-3-1-4-8-15)21(16-9-5-2-6-10-16)17-11-12-28(25,26)14-17/h1-10,17,19,23H,11-14H2/t17-,19+/m0/s1. The lowest BCUT2D eigenvalue weighted by molar-refractivity contribution is -0.156. The van der Waals surface area contributed by atoms with Gasteiger partial charge in [0, 0.05) is 5.69 Å². The monoisotopic (exact) mass is 403 g/mol. The number of aliphatic hydroxyl groups is 1. The zero-order chi connectivity index (χ0) is 20.1. The fourth-order valence-corrected chi connectivity index (χ4v) is 4.88. The first kappa shape index (κ1) is 20.0. The van der Waals surface area contributed by atoms with E-state index in [4.69, 9.17) is 4.74 Å². The van der Waals surface area contributed by atoms with Gasteiger partial charge < -0.3 is 14.7 Å². The number of hydrogen-bond acceptors (Lipinski definition) is 6. The number of sulfone groups is 1. The van der Waals surface area contributed by atoms with Gasteiger partial charge in [-0.3, -0.25) is 4.79 Å². The number of rotatable bonds is 6. The lowest BCUT2D eigenvalue weighted by Gasteiger charge is -2.28. The van der Waals surface area contributed by atoms with Crippen molar-refractivity contribution in [1.82, 2.24) is 0 Å². The van der Waals surface area contributed by atoms with E-state index in [0.717, 1.165) is 0 Å². The maximum Gasteiger partial charge on any atom is 0.340 e. The minimum Gasteiger partial charge on any atom is -0.453 e. The summed E-state index contributed by atoms with van der Waals surface area (Å²) in [5.74, 6) is -1.59. The molecule has 0 saturated carbocycles. The number of amides is 1. The Balaban J connectivity index is 1.70. The number of ether oxygens (including phenoxy) is 1. The van der Waals surface area contributed by atoms with Crippen molar-refractivity contribution in [2.24, 2.45) is 0 Å². The molecule has 8 heteroatoms. The molecule has 7 nitrogen and oxygen atoms in total. The highest BCUT2D eigenvalue weighted by atomic mass is 32.2. The van der Waals surface area contributed by atoms with Crippen molar-refractivity contribution < 1.29 is 27.9 Å². The molecule has 2 aromatic carbocycles. The number of benzene rings is 2. The summed E-state index contributed by atoms with van der Waals surface area (Å²) >= 11 is 0. The third-order valence-electron chi connectivity index (χ3n) is 4.55. The number of anilines is 1. The van der Waals surface area contributed by atoms with Crippen LogP contribution in [0.4, 0.5) is 5.69 Å². The molecule has 0 bridgehead atoms. The first-order valence-corrected chi connectivity index (χ1v) is 10.7. The van der Waals surface area contributed by atoms with E-state index in [1.54, 1.807) is 60.7 Å². The van der Waals surface area contributed by atoms with Crippen LogP contribution in [0, 0.1) is 0 Å². The van der Waals surface area contributed by atoms with E-state index in [0.29, 0.717) is 17.7 Å². The molecule has 0 aromatic heterocycles. The molecule has 148 valence electrons. The summed E-state index contributed by atoms with van der Waals surface area (Å²) in [5.41, 5.74) is 0.899. The summed E-state index contributed by atoms with van der Waals surface area (Å²) in [6, 6.07) is 16.4. The summed E-state index contributed by atoms with van der Waals surface area (Å²) in [6.45, 7) is -0.589. The van der Waals surface area contributed by atoms with Gasteiger partial charge in [-0.2, -0.15) is 0 Å². The minimum atomic E-state index is -3.20. The number of nitrogens with zero attached hydrogens (tertiary/aromatic N) is 1. The molecule has 28 heavy (non-hydrogen) atoms. The van der Waals surface area contributed by atoms with Gasteiger partial charge >= 0.3 is 5.97 Å². The van der Waals surface area contributed by atoms with Crippen molar-refractivity contribution in [3.05, 3.63) is 66.2 Å². The molecular weight excluding hydrogens is 382 g/mol. The molecule has 0 aliphatic carbocycles. The molecule has 1 heterocycles. The van der Waals surface area contributed by atoms with E-state index >= 15 is 0 Å². The second-order valence-electron chi connectivity index (χ2n) is 6.58. The largest absolute Gasteiger partial charge is 0.453 e. The van der Waals surface area contributed by atoms with Crippen LogP contribution in [-0.2, 0) is 24.2 Å². The number of para-hydroxylation sites is 1. The Kier molecular flexibility index (Phi) is 6.11. The minimum absolute atomic E-state index is 0.0147. The van der Waals surface area contributed by atoms with E-state index in [1.165, 1.54) is 4.90 Å². The Bertz CT molecular complexity index is 930. The maximum atomic E-state index is 12.8. The fraction of sp³-hybridized carbons (Fsp3) is 0.300. The molecule has 2 atom stereocenters.